The molecule has 0 heterocycles. The summed E-state index contributed by atoms with van der Waals surface area (Å²) in [6.45, 7) is 4.26. The fourth-order valence-corrected chi connectivity index (χ4v) is 4.43. The zero-order valence-electron chi connectivity index (χ0n) is 12.8. The van der Waals surface area contributed by atoms with E-state index < -0.39 is 10.0 Å². The maximum Gasteiger partial charge on any atom is 0.265 e. The molecule has 7 heteroatoms. The highest BCUT2D eigenvalue weighted by Crippen LogP contribution is 2.35. The quantitative estimate of drug-likeness (QED) is 0.742. The molecule has 0 aliphatic rings. The molecule has 0 spiro atoms. The van der Waals surface area contributed by atoms with E-state index in [1.54, 1.807) is 37.3 Å². The Kier molecular flexibility index (Phi) is 5.79. The summed E-state index contributed by atoms with van der Waals surface area (Å²) in [7, 11) is -3.86. The van der Waals surface area contributed by atoms with Gasteiger partial charge in [0.05, 0.1) is 17.3 Å². The van der Waals surface area contributed by atoms with E-state index in [1.165, 1.54) is 16.4 Å². The Labute approximate surface area is 146 Å². The Hall–Kier alpha value is -1.43. The van der Waals surface area contributed by atoms with Crippen LogP contribution < -0.4 is 9.04 Å². The molecule has 4 nitrogen and oxygen atoms in total. The zero-order valence-corrected chi connectivity index (χ0v) is 15.1. The molecule has 0 radical (unpaired) electrons. The molecule has 0 fully saturated rings. The van der Waals surface area contributed by atoms with Crippen LogP contribution in [0.5, 0.6) is 5.75 Å². The maximum atomic E-state index is 13.0. The van der Waals surface area contributed by atoms with Crippen LogP contribution in [-0.2, 0) is 10.0 Å². The molecule has 23 heavy (non-hydrogen) atoms. The van der Waals surface area contributed by atoms with Gasteiger partial charge in [-0.25, -0.2) is 8.42 Å². The number of halogens is 2. The standard InChI is InChI=1S/C16H17Cl2NO3S/c1-3-19(14-7-5-6-8-15(14)22-4-2)23(20,21)16-11-12(17)9-10-13(16)18/h5-11H,3-4H2,1-2H3. The minimum Gasteiger partial charge on any atom is -0.492 e. The number of hydrogen-bond acceptors (Lipinski definition) is 3. The molecule has 0 aliphatic carbocycles. The number of ether oxygens (including phenoxy) is 1. The van der Waals surface area contributed by atoms with Crippen LogP contribution in [-0.4, -0.2) is 21.6 Å². The van der Waals surface area contributed by atoms with E-state index in [4.69, 9.17) is 27.9 Å². The smallest absolute Gasteiger partial charge is 0.265 e. The van der Waals surface area contributed by atoms with E-state index >= 15 is 0 Å². The number of sulfonamides is 1. The van der Waals surface area contributed by atoms with Gasteiger partial charge >= 0.3 is 0 Å². The summed E-state index contributed by atoms with van der Waals surface area (Å²) < 4.78 is 32.8. The Bertz CT molecular complexity index is 794. The molecule has 0 amide bonds. The van der Waals surface area contributed by atoms with E-state index in [0.29, 0.717) is 23.1 Å². The van der Waals surface area contributed by atoms with Crippen molar-refractivity contribution in [3.63, 3.8) is 0 Å². The van der Waals surface area contributed by atoms with Crippen LogP contribution in [0.3, 0.4) is 0 Å². The van der Waals surface area contributed by atoms with Gasteiger partial charge in [-0.15, -0.1) is 0 Å². The topological polar surface area (TPSA) is 46.6 Å². The summed E-state index contributed by atoms with van der Waals surface area (Å²) in [5.41, 5.74) is 0.466. The van der Waals surface area contributed by atoms with Crippen LogP contribution in [0, 0.1) is 0 Å². The first kappa shape index (κ1) is 17.9. The lowest BCUT2D eigenvalue weighted by Gasteiger charge is -2.25. The number of nitrogens with zero attached hydrogens (tertiary/aromatic N) is 1. The van der Waals surface area contributed by atoms with Gasteiger partial charge in [0.2, 0.25) is 0 Å². The van der Waals surface area contributed by atoms with Gasteiger partial charge in [0.25, 0.3) is 10.0 Å². The second kappa shape index (κ2) is 7.43. The van der Waals surface area contributed by atoms with E-state index in [9.17, 15) is 8.42 Å². The van der Waals surface area contributed by atoms with Crippen molar-refractivity contribution in [2.75, 3.05) is 17.5 Å². The Balaban J connectivity index is 2.58. The predicted octanol–water partition coefficient (Wildman–Crippen LogP) is 4.61. The lowest BCUT2D eigenvalue weighted by Crippen LogP contribution is -2.31. The molecule has 2 aromatic carbocycles. The maximum absolute atomic E-state index is 13.0. The summed E-state index contributed by atoms with van der Waals surface area (Å²) in [6, 6.07) is 11.4. The van der Waals surface area contributed by atoms with Crippen LogP contribution in [0.2, 0.25) is 10.0 Å². The molecule has 0 saturated carbocycles. The largest absolute Gasteiger partial charge is 0.492 e. The summed E-state index contributed by atoms with van der Waals surface area (Å²) in [5, 5.41) is 0.434. The molecule has 0 saturated heterocycles. The van der Waals surface area contributed by atoms with Crippen LogP contribution in [0.15, 0.2) is 47.4 Å². The normalized spacial score (nSPS) is 11.3. The van der Waals surface area contributed by atoms with E-state index in [1.807, 2.05) is 6.92 Å². The minimum absolute atomic E-state index is 0.0279. The first-order chi connectivity index (χ1) is 10.9. The van der Waals surface area contributed by atoms with Crippen LogP contribution >= 0.6 is 23.2 Å². The second-order valence-corrected chi connectivity index (χ2v) is 7.32. The van der Waals surface area contributed by atoms with Gasteiger partial charge in [-0.1, -0.05) is 35.3 Å². The number of benzene rings is 2. The first-order valence-corrected chi connectivity index (χ1v) is 9.31. The van der Waals surface area contributed by atoms with Gasteiger partial charge in [-0.05, 0) is 44.2 Å². The average molecular weight is 374 g/mol. The molecule has 0 bridgehead atoms. The summed E-state index contributed by atoms with van der Waals surface area (Å²) in [5.74, 6) is 0.499. The average Bonchev–Trinajstić information content (AvgIpc) is 2.52. The van der Waals surface area contributed by atoms with Crippen molar-refractivity contribution in [2.45, 2.75) is 18.7 Å². The van der Waals surface area contributed by atoms with Gasteiger partial charge in [0, 0.05) is 11.6 Å². The lowest BCUT2D eigenvalue weighted by molar-refractivity contribution is 0.341. The third-order valence-electron chi connectivity index (χ3n) is 3.18. The molecule has 124 valence electrons. The molecule has 0 aliphatic heterocycles. The third-order valence-corrected chi connectivity index (χ3v) is 5.79. The number of para-hydroxylation sites is 2. The van der Waals surface area contributed by atoms with Crippen LogP contribution in [0.25, 0.3) is 0 Å². The molecular formula is C16H17Cl2NO3S. The summed E-state index contributed by atoms with van der Waals surface area (Å²) in [4.78, 5) is -0.0279. The van der Waals surface area contributed by atoms with Gasteiger partial charge in [-0.3, -0.25) is 4.31 Å². The first-order valence-electron chi connectivity index (χ1n) is 7.11. The molecule has 0 aromatic heterocycles. The van der Waals surface area contributed by atoms with E-state index in [2.05, 4.69) is 0 Å². The summed E-state index contributed by atoms with van der Waals surface area (Å²) in [6.07, 6.45) is 0. The lowest BCUT2D eigenvalue weighted by atomic mass is 10.3. The highest BCUT2D eigenvalue weighted by Gasteiger charge is 2.28. The molecule has 2 rings (SSSR count). The molecule has 2 aromatic rings. The Morgan fingerprint density at radius 1 is 1.09 bits per heavy atom. The van der Waals surface area contributed by atoms with Crippen molar-refractivity contribution in [3.8, 4) is 5.75 Å². The van der Waals surface area contributed by atoms with Crippen LogP contribution in [0.4, 0.5) is 5.69 Å². The van der Waals surface area contributed by atoms with Gasteiger partial charge in [-0.2, -0.15) is 0 Å². The van der Waals surface area contributed by atoms with E-state index in [-0.39, 0.29) is 16.5 Å². The zero-order chi connectivity index (χ0) is 17.0. The van der Waals surface area contributed by atoms with Gasteiger partial charge in [0.1, 0.15) is 10.6 Å². The Morgan fingerprint density at radius 2 is 1.78 bits per heavy atom. The highest BCUT2D eigenvalue weighted by molar-refractivity contribution is 7.93. The minimum atomic E-state index is -3.86. The SMILES string of the molecule is CCOc1ccccc1N(CC)S(=O)(=O)c1cc(Cl)ccc1Cl. The van der Waals surface area contributed by atoms with Crippen LogP contribution in [0.1, 0.15) is 13.8 Å². The van der Waals surface area contributed by atoms with Crippen molar-refractivity contribution in [2.24, 2.45) is 0 Å². The number of hydrogen-bond donors (Lipinski definition) is 0. The summed E-state index contributed by atoms with van der Waals surface area (Å²) >= 11 is 12.0. The Morgan fingerprint density at radius 3 is 2.43 bits per heavy atom. The molecular weight excluding hydrogens is 357 g/mol. The van der Waals surface area contributed by atoms with E-state index in [0.717, 1.165) is 0 Å². The van der Waals surface area contributed by atoms with Crippen molar-refractivity contribution < 1.29 is 13.2 Å². The van der Waals surface area contributed by atoms with Gasteiger partial charge < -0.3 is 4.74 Å². The number of rotatable bonds is 6. The van der Waals surface area contributed by atoms with Crippen molar-refractivity contribution in [1.29, 1.82) is 0 Å². The fourth-order valence-electron chi connectivity index (χ4n) is 2.20. The van der Waals surface area contributed by atoms with Crippen molar-refractivity contribution in [3.05, 3.63) is 52.5 Å². The molecule has 0 unspecified atom stereocenters. The van der Waals surface area contributed by atoms with Crippen molar-refractivity contribution >= 4 is 38.9 Å². The fraction of sp³-hybridized carbons (Fsp3) is 0.250. The van der Waals surface area contributed by atoms with Gasteiger partial charge in [0.15, 0.2) is 0 Å². The molecule has 0 atom stereocenters. The molecule has 0 N–H and O–H groups in total. The monoisotopic (exact) mass is 373 g/mol. The second-order valence-electron chi connectivity index (χ2n) is 4.65. The number of anilines is 1. The van der Waals surface area contributed by atoms with Crippen molar-refractivity contribution in [1.82, 2.24) is 0 Å². The highest BCUT2D eigenvalue weighted by atomic mass is 35.5. The third kappa shape index (κ3) is 3.74. The predicted molar refractivity (Wildman–Crippen MR) is 94.3 cm³/mol.